The summed E-state index contributed by atoms with van der Waals surface area (Å²) in [5, 5.41) is 0. The third-order valence-electron chi connectivity index (χ3n) is 2.64. The van der Waals surface area contributed by atoms with Gasteiger partial charge in [-0.1, -0.05) is 64.7 Å². The van der Waals surface area contributed by atoms with E-state index in [1.54, 1.807) is 0 Å². The van der Waals surface area contributed by atoms with Crippen LogP contribution in [0.4, 0.5) is 0 Å². The maximum atomic E-state index is 5.47. The maximum Gasteiger partial charge on any atom is 0.0520 e. The molecular formula is C12H28N2. The molecule has 0 heterocycles. The Bertz CT molecular complexity index is 102. The van der Waals surface area contributed by atoms with Crippen LogP contribution in [0.15, 0.2) is 0 Å². The molecule has 2 heteroatoms. The number of unbranched alkanes of at least 4 members (excludes halogenated alkanes) is 8. The molecule has 0 radical (unpaired) electrons. The van der Waals surface area contributed by atoms with E-state index < -0.39 is 0 Å². The van der Waals surface area contributed by atoms with Crippen LogP contribution in [0.1, 0.15) is 71.1 Å². The standard InChI is InChI=1S/C12H28N2/c1-2-3-4-5-6-7-8-9-10-11-12(13)14/h12H,2-11,13-14H2,1H3. The molecule has 0 saturated carbocycles. The molecule has 0 bridgehead atoms. The summed E-state index contributed by atoms with van der Waals surface area (Å²) in [6.45, 7) is 2.26. The third kappa shape index (κ3) is 11.9. The second kappa shape index (κ2) is 11.0. The second-order valence-corrected chi connectivity index (χ2v) is 4.28. The van der Waals surface area contributed by atoms with E-state index in [-0.39, 0.29) is 6.17 Å². The minimum Gasteiger partial charge on any atom is -0.316 e. The lowest BCUT2D eigenvalue weighted by Crippen LogP contribution is -2.29. The molecule has 0 atom stereocenters. The lowest BCUT2D eigenvalue weighted by atomic mass is 10.1. The van der Waals surface area contributed by atoms with Gasteiger partial charge >= 0.3 is 0 Å². The minimum atomic E-state index is -0.0976. The van der Waals surface area contributed by atoms with E-state index in [0.29, 0.717) is 0 Å². The molecule has 0 rings (SSSR count). The highest BCUT2D eigenvalue weighted by molar-refractivity contribution is 4.52. The van der Waals surface area contributed by atoms with Crippen molar-refractivity contribution in [3.63, 3.8) is 0 Å². The van der Waals surface area contributed by atoms with Crippen molar-refractivity contribution in [2.45, 2.75) is 77.3 Å². The SMILES string of the molecule is CCCCCCCCCCCC(N)N. The van der Waals surface area contributed by atoms with Crippen LogP contribution in [0.3, 0.4) is 0 Å². The Morgan fingerprint density at radius 2 is 1.14 bits per heavy atom. The summed E-state index contributed by atoms with van der Waals surface area (Å²) in [5.41, 5.74) is 10.9. The molecule has 0 aromatic carbocycles. The molecular weight excluding hydrogens is 172 g/mol. The quantitative estimate of drug-likeness (QED) is 0.420. The topological polar surface area (TPSA) is 52.0 Å². The van der Waals surface area contributed by atoms with Crippen molar-refractivity contribution in [3.05, 3.63) is 0 Å². The largest absolute Gasteiger partial charge is 0.316 e. The highest BCUT2D eigenvalue weighted by Gasteiger charge is 1.94. The van der Waals surface area contributed by atoms with Crippen LogP contribution in [0, 0.1) is 0 Å². The predicted molar refractivity (Wildman–Crippen MR) is 64.0 cm³/mol. The predicted octanol–water partition coefficient (Wildman–Crippen LogP) is 3.15. The average Bonchev–Trinajstić information content (AvgIpc) is 2.15. The van der Waals surface area contributed by atoms with Crippen LogP contribution in [0.25, 0.3) is 0 Å². The fraction of sp³-hybridized carbons (Fsp3) is 1.00. The van der Waals surface area contributed by atoms with Crippen molar-refractivity contribution >= 4 is 0 Å². The summed E-state index contributed by atoms with van der Waals surface area (Å²) in [7, 11) is 0. The van der Waals surface area contributed by atoms with Gasteiger partial charge in [0.2, 0.25) is 0 Å². The molecule has 0 aliphatic heterocycles. The van der Waals surface area contributed by atoms with Gasteiger partial charge in [0, 0.05) is 0 Å². The Hall–Kier alpha value is -0.0800. The Morgan fingerprint density at radius 3 is 1.57 bits per heavy atom. The lowest BCUT2D eigenvalue weighted by Gasteiger charge is -2.04. The molecule has 0 aliphatic carbocycles. The Labute approximate surface area is 89.4 Å². The van der Waals surface area contributed by atoms with Gasteiger partial charge in [0.25, 0.3) is 0 Å². The number of nitrogens with two attached hydrogens (primary N) is 2. The first-order chi connectivity index (χ1) is 6.77. The zero-order valence-corrected chi connectivity index (χ0v) is 9.80. The highest BCUT2D eigenvalue weighted by atomic mass is 14.8. The molecule has 0 aromatic heterocycles. The molecule has 2 nitrogen and oxygen atoms in total. The minimum absolute atomic E-state index is 0.0976. The zero-order chi connectivity index (χ0) is 10.6. The molecule has 86 valence electrons. The fourth-order valence-corrected chi connectivity index (χ4v) is 1.69. The Kier molecular flexibility index (Phi) is 10.9. The second-order valence-electron chi connectivity index (χ2n) is 4.28. The number of hydrogen-bond acceptors (Lipinski definition) is 2. The van der Waals surface area contributed by atoms with Gasteiger partial charge in [0.05, 0.1) is 6.17 Å². The normalized spacial score (nSPS) is 11.1. The van der Waals surface area contributed by atoms with Gasteiger partial charge in [-0.25, -0.2) is 0 Å². The van der Waals surface area contributed by atoms with Gasteiger partial charge < -0.3 is 11.5 Å². The smallest absolute Gasteiger partial charge is 0.0520 e. The van der Waals surface area contributed by atoms with Crippen molar-refractivity contribution in [1.29, 1.82) is 0 Å². The highest BCUT2D eigenvalue weighted by Crippen LogP contribution is 2.10. The average molecular weight is 200 g/mol. The van der Waals surface area contributed by atoms with Gasteiger partial charge in [-0.15, -0.1) is 0 Å². The van der Waals surface area contributed by atoms with E-state index in [2.05, 4.69) is 6.92 Å². The number of hydrogen-bond donors (Lipinski definition) is 2. The van der Waals surface area contributed by atoms with E-state index in [1.807, 2.05) is 0 Å². The van der Waals surface area contributed by atoms with Gasteiger partial charge in [0.1, 0.15) is 0 Å². The summed E-state index contributed by atoms with van der Waals surface area (Å²) >= 11 is 0. The van der Waals surface area contributed by atoms with Gasteiger partial charge in [-0.05, 0) is 6.42 Å². The first kappa shape index (κ1) is 13.9. The van der Waals surface area contributed by atoms with E-state index in [9.17, 15) is 0 Å². The molecule has 0 saturated heterocycles. The molecule has 0 unspecified atom stereocenters. The molecule has 0 fully saturated rings. The molecule has 4 N–H and O–H groups in total. The molecule has 0 aromatic rings. The van der Waals surface area contributed by atoms with Crippen molar-refractivity contribution in [2.75, 3.05) is 0 Å². The van der Waals surface area contributed by atoms with Crippen LogP contribution in [0.5, 0.6) is 0 Å². The lowest BCUT2D eigenvalue weighted by molar-refractivity contribution is 0.530. The molecule has 0 spiro atoms. The van der Waals surface area contributed by atoms with Gasteiger partial charge in [0.15, 0.2) is 0 Å². The number of rotatable bonds is 10. The van der Waals surface area contributed by atoms with Crippen molar-refractivity contribution < 1.29 is 0 Å². The van der Waals surface area contributed by atoms with E-state index in [1.165, 1.54) is 57.8 Å². The van der Waals surface area contributed by atoms with Crippen LogP contribution in [-0.4, -0.2) is 6.17 Å². The fourth-order valence-electron chi connectivity index (χ4n) is 1.69. The molecule has 0 aliphatic rings. The van der Waals surface area contributed by atoms with Crippen molar-refractivity contribution in [3.8, 4) is 0 Å². The summed E-state index contributed by atoms with van der Waals surface area (Å²) in [4.78, 5) is 0. The Balaban J connectivity index is 2.85. The van der Waals surface area contributed by atoms with Crippen LogP contribution >= 0.6 is 0 Å². The first-order valence-electron chi connectivity index (χ1n) is 6.28. The van der Waals surface area contributed by atoms with E-state index in [4.69, 9.17) is 11.5 Å². The first-order valence-corrected chi connectivity index (χ1v) is 6.28. The van der Waals surface area contributed by atoms with Crippen LogP contribution < -0.4 is 11.5 Å². The van der Waals surface area contributed by atoms with Crippen LogP contribution in [0.2, 0.25) is 0 Å². The monoisotopic (exact) mass is 200 g/mol. The summed E-state index contributed by atoms with van der Waals surface area (Å²) in [6.07, 6.45) is 13.1. The van der Waals surface area contributed by atoms with Crippen molar-refractivity contribution in [1.82, 2.24) is 0 Å². The van der Waals surface area contributed by atoms with Crippen LogP contribution in [-0.2, 0) is 0 Å². The van der Waals surface area contributed by atoms with Crippen molar-refractivity contribution in [2.24, 2.45) is 11.5 Å². The summed E-state index contributed by atoms with van der Waals surface area (Å²) < 4.78 is 0. The summed E-state index contributed by atoms with van der Waals surface area (Å²) in [5.74, 6) is 0. The third-order valence-corrected chi connectivity index (χ3v) is 2.64. The molecule has 14 heavy (non-hydrogen) atoms. The zero-order valence-electron chi connectivity index (χ0n) is 9.80. The Morgan fingerprint density at radius 1 is 0.714 bits per heavy atom. The van der Waals surface area contributed by atoms with E-state index >= 15 is 0 Å². The summed E-state index contributed by atoms with van der Waals surface area (Å²) in [6, 6.07) is 0. The van der Waals surface area contributed by atoms with Gasteiger partial charge in [-0.2, -0.15) is 0 Å². The maximum absolute atomic E-state index is 5.47. The van der Waals surface area contributed by atoms with E-state index in [0.717, 1.165) is 6.42 Å². The van der Waals surface area contributed by atoms with Gasteiger partial charge in [-0.3, -0.25) is 0 Å². The molecule has 0 amide bonds.